The van der Waals surface area contributed by atoms with E-state index in [1.807, 2.05) is 19.0 Å². The fourth-order valence-electron chi connectivity index (χ4n) is 1.61. The van der Waals surface area contributed by atoms with Crippen molar-refractivity contribution < 1.29 is 14.3 Å². The molecule has 1 amide bonds. The van der Waals surface area contributed by atoms with Crippen molar-refractivity contribution in [2.24, 2.45) is 5.10 Å². The molecule has 1 aromatic heterocycles. The summed E-state index contributed by atoms with van der Waals surface area (Å²) in [5.41, 5.74) is 2.68. The summed E-state index contributed by atoms with van der Waals surface area (Å²) in [6, 6.07) is 7.76. The van der Waals surface area contributed by atoms with Crippen molar-refractivity contribution >= 4 is 33.9 Å². The minimum Gasteiger partial charge on any atom is -0.508 e. The van der Waals surface area contributed by atoms with Gasteiger partial charge in [0.2, 0.25) is 5.88 Å². The molecule has 0 bridgehead atoms. The summed E-state index contributed by atoms with van der Waals surface area (Å²) in [7, 11) is 3.71. The molecule has 0 saturated heterocycles. The second-order valence-electron chi connectivity index (χ2n) is 4.45. The van der Waals surface area contributed by atoms with Crippen LogP contribution in [0, 0.1) is 0 Å². The van der Waals surface area contributed by atoms with Crippen LogP contribution in [0.25, 0.3) is 0 Å². The summed E-state index contributed by atoms with van der Waals surface area (Å²) in [5, 5.41) is 13.1. The first-order valence-electron chi connectivity index (χ1n) is 6.06. The van der Waals surface area contributed by atoms with E-state index in [0.717, 1.165) is 4.47 Å². The molecule has 0 fully saturated rings. The van der Waals surface area contributed by atoms with Gasteiger partial charge in [-0.2, -0.15) is 5.10 Å². The molecule has 0 radical (unpaired) electrons. The van der Waals surface area contributed by atoms with Gasteiger partial charge in [0.1, 0.15) is 5.75 Å². The zero-order valence-corrected chi connectivity index (χ0v) is 13.1. The van der Waals surface area contributed by atoms with Gasteiger partial charge in [0, 0.05) is 25.7 Å². The number of hydrogen-bond acceptors (Lipinski definition) is 5. The van der Waals surface area contributed by atoms with Crippen LogP contribution in [0.5, 0.6) is 5.75 Å². The van der Waals surface area contributed by atoms with Gasteiger partial charge in [-0.1, -0.05) is 6.07 Å². The summed E-state index contributed by atoms with van der Waals surface area (Å²) in [6.07, 6.45) is 1.40. The van der Waals surface area contributed by atoms with E-state index >= 15 is 0 Å². The number of amides is 1. The number of phenols is 1. The lowest BCUT2D eigenvalue weighted by molar-refractivity contribution is 0.0954. The number of aromatic hydroxyl groups is 1. The summed E-state index contributed by atoms with van der Waals surface area (Å²) in [5.74, 6) is 0.773. The van der Waals surface area contributed by atoms with Crippen molar-refractivity contribution in [2.75, 3.05) is 19.0 Å². The highest BCUT2D eigenvalue weighted by molar-refractivity contribution is 9.10. The van der Waals surface area contributed by atoms with E-state index in [0.29, 0.717) is 17.2 Å². The monoisotopic (exact) mass is 351 g/mol. The van der Waals surface area contributed by atoms with E-state index in [2.05, 4.69) is 26.5 Å². The maximum absolute atomic E-state index is 11.8. The molecular weight excluding hydrogens is 338 g/mol. The SMILES string of the molecule is CN(C)c1oc(/C=N\NC(=O)c2cccc(O)c2)cc1Br. The number of carbonyl (C=O) groups is 1. The Bertz CT molecular complexity index is 680. The average Bonchev–Trinajstić information content (AvgIpc) is 2.80. The third-order valence-electron chi connectivity index (χ3n) is 2.56. The Morgan fingerprint density at radius 2 is 2.19 bits per heavy atom. The quantitative estimate of drug-likeness (QED) is 0.655. The number of phenolic OH excluding ortho intramolecular Hbond substituents is 1. The molecule has 0 spiro atoms. The predicted octanol–water partition coefficient (Wildman–Crippen LogP) is 2.58. The largest absolute Gasteiger partial charge is 0.508 e. The number of halogens is 1. The molecule has 0 aliphatic rings. The first-order valence-corrected chi connectivity index (χ1v) is 6.86. The van der Waals surface area contributed by atoms with Gasteiger partial charge in [-0.05, 0) is 34.1 Å². The summed E-state index contributed by atoms with van der Waals surface area (Å²) >= 11 is 3.37. The molecule has 2 N–H and O–H groups in total. The Kier molecular flexibility index (Phi) is 4.64. The van der Waals surface area contributed by atoms with Crippen molar-refractivity contribution in [3.05, 3.63) is 46.1 Å². The van der Waals surface area contributed by atoms with Crippen LogP contribution in [0.4, 0.5) is 5.88 Å². The lowest BCUT2D eigenvalue weighted by atomic mass is 10.2. The number of nitrogens with one attached hydrogen (secondary N) is 1. The van der Waals surface area contributed by atoms with Crippen molar-refractivity contribution in [3.8, 4) is 5.75 Å². The summed E-state index contributed by atoms with van der Waals surface area (Å²) in [6.45, 7) is 0. The minimum absolute atomic E-state index is 0.0252. The molecule has 21 heavy (non-hydrogen) atoms. The minimum atomic E-state index is -0.416. The standard InChI is InChI=1S/C14H14BrN3O3/c1-18(2)14-12(15)7-11(21-14)8-16-17-13(20)9-4-3-5-10(19)6-9/h3-8,19H,1-2H3,(H,17,20)/b16-8-. The van der Waals surface area contributed by atoms with E-state index in [1.54, 1.807) is 18.2 Å². The average molecular weight is 352 g/mol. The summed E-state index contributed by atoms with van der Waals surface area (Å²) in [4.78, 5) is 13.6. The molecule has 0 saturated carbocycles. The van der Waals surface area contributed by atoms with Gasteiger partial charge in [-0.3, -0.25) is 4.79 Å². The lowest BCUT2D eigenvalue weighted by Gasteiger charge is -2.07. The number of carbonyl (C=O) groups excluding carboxylic acids is 1. The molecule has 0 aliphatic carbocycles. The number of rotatable bonds is 4. The molecular formula is C14H14BrN3O3. The van der Waals surface area contributed by atoms with Crippen LogP contribution in [0.3, 0.4) is 0 Å². The van der Waals surface area contributed by atoms with Crippen molar-refractivity contribution in [1.29, 1.82) is 0 Å². The van der Waals surface area contributed by atoms with E-state index in [-0.39, 0.29) is 5.75 Å². The van der Waals surface area contributed by atoms with Crippen LogP contribution in [-0.2, 0) is 0 Å². The van der Waals surface area contributed by atoms with E-state index in [1.165, 1.54) is 18.3 Å². The van der Waals surface area contributed by atoms with Crippen LogP contribution >= 0.6 is 15.9 Å². The number of nitrogens with zero attached hydrogens (tertiary/aromatic N) is 2. The third-order valence-corrected chi connectivity index (χ3v) is 3.13. The summed E-state index contributed by atoms with van der Waals surface area (Å²) < 4.78 is 6.32. The molecule has 110 valence electrons. The Morgan fingerprint density at radius 3 is 2.81 bits per heavy atom. The first kappa shape index (κ1) is 15.1. The van der Waals surface area contributed by atoms with Gasteiger partial charge in [-0.15, -0.1) is 0 Å². The van der Waals surface area contributed by atoms with E-state index in [4.69, 9.17) is 4.42 Å². The Morgan fingerprint density at radius 1 is 1.43 bits per heavy atom. The third kappa shape index (κ3) is 3.85. The van der Waals surface area contributed by atoms with Crippen LogP contribution in [0.15, 0.2) is 44.3 Å². The van der Waals surface area contributed by atoms with Gasteiger partial charge in [0.15, 0.2) is 5.76 Å². The number of anilines is 1. The Labute approximate surface area is 130 Å². The molecule has 1 aromatic carbocycles. The Hall–Kier alpha value is -2.28. The molecule has 6 nitrogen and oxygen atoms in total. The molecule has 0 aliphatic heterocycles. The normalized spacial score (nSPS) is 10.8. The van der Waals surface area contributed by atoms with Crippen LogP contribution in [-0.4, -0.2) is 31.3 Å². The van der Waals surface area contributed by atoms with Crippen LogP contribution < -0.4 is 10.3 Å². The zero-order valence-electron chi connectivity index (χ0n) is 11.5. The zero-order chi connectivity index (χ0) is 15.4. The highest BCUT2D eigenvalue weighted by Gasteiger charge is 2.09. The van der Waals surface area contributed by atoms with Crippen LogP contribution in [0.2, 0.25) is 0 Å². The van der Waals surface area contributed by atoms with Gasteiger partial charge >= 0.3 is 0 Å². The predicted molar refractivity (Wildman–Crippen MR) is 83.9 cm³/mol. The topological polar surface area (TPSA) is 78.1 Å². The van der Waals surface area contributed by atoms with Crippen LogP contribution in [0.1, 0.15) is 16.1 Å². The highest BCUT2D eigenvalue weighted by atomic mass is 79.9. The molecule has 0 unspecified atom stereocenters. The van der Waals surface area contributed by atoms with Crippen molar-refractivity contribution in [3.63, 3.8) is 0 Å². The van der Waals surface area contributed by atoms with E-state index < -0.39 is 5.91 Å². The maximum atomic E-state index is 11.8. The molecule has 7 heteroatoms. The fourth-order valence-corrected chi connectivity index (χ4v) is 2.27. The highest BCUT2D eigenvalue weighted by Crippen LogP contribution is 2.27. The molecule has 1 heterocycles. The molecule has 2 rings (SSSR count). The van der Waals surface area contributed by atoms with Gasteiger partial charge in [0.05, 0.1) is 10.7 Å². The molecule has 0 atom stereocenters. The number of benzene rings is 1. The smallest absolute Gasteiger partial charge is 0.271 e. The second kappa shape index (κ2) is 6.45. The van der Waals surface area contributed by atoms with E-state index in [9.17, 15) is 9.90 Å². The van der Waals surface area contributed by atoms with Gasteiger partial charge < -0.3 is 14.4 Å². The van der Waals surface area contributed by atoms with Gasteiger partial charge in [-0.25, -0.2) is 5.43 Å². The Balaban J connectivity index is 2.02. The first-order chi connectivity index (χ1) is 9.97. The maximum Gasteiger partial charge on any atom is 0.271 e. The second-order valence-corrected chi connectivity index (χ2v) is 5.30. The van der Waals surface area contributed by atoms with Crippen molar-refractivity contribution in [2.45, 2.75) is 0 Å². The lowest BCUT2D eigenvalue weighted by Crippen LogP contribution is -2.17. The fraction of sp³-hybridized carbons (Fsp3) is 0.143. The van der Waals surface area contributed by atoms with Gasteiger partial charge in [0.25, 0.3) is 5.91 Å². The number of furan rings is 1. The molecule has 2 aromatic rings. The van der Waals surface area contributed by atoms with Crippen molar-refractivity contribution in [1.82, 2.24) is 5.43 Å². The number of hydrazone groups is 1. The number of hydrogen-bond donors (Lipinski definition) is 2.